The van der Waals surface area contributed by atoms with Gasteiger partial charge in [-0.15, -0.1) is 0 Å². The number of benzene rings is 1. The SMILES string of the molecule is CC(=O)c1nn(CC(=O)OC(C)(C)C)c2ccc(-c3cnc4cc(C(F)(F)F)nn4c3)cc12. The van der Waals surface area contributed by atoms with Gasteiger partial charge in [0.1, 0.15) is 17.8 Å². The molecule has 0 amide bonds. The molecule has 0 saturated heterocycles. The normalized spacial score (nSPS) is 12.5. The van der Waals surface area contributed by atoms with Crippen molar-refractivity contribution in [1.29, 1.82) is 0 Å². The van der Waals surface area contributed by atoms with Crippen LogP contribution in [-0.4, -0.2) is 41.7 Å². The van der Waals surface area contributed by atoms with Crippen LogP contribution >= 0.6 is 0 Å². The number of ketones is 1. The van der Waals surface area contributed by atoms with E-state index in [0.717, 1.165) is 10.6 Å². The molecule has 4 aromatic rings. The zero-order valence-corrected chi connectivity index (χ0v) is 18.3. The van der Waals surface area contributed by atoms with Gasteiger partial charge in [0.2, 0.25) is 0 Å². The molecule has 0 fully saturated rings. The van der Waals surface area contributed by atoms with Crippen molar-refractivity contribution < 1.29 is 27.5 Å². The quantitative estimate of drug-likeness (QED) is 0.334. The van der Waals surface area contributed by atoms with E-state index in [1.165, 1.54) is 24.0 Å². The second kappa shape index (κ2) is 7.68. The minimum Gasteiger partial charge on any atom is -0.459 e. The van der Waals surface area contributed by atoms with Gasteiger partial charge in [0.25, 0.3) is 0 Å². The maximum atomic E-state index is 13.0. The summed E-state index contributed by atoms with van der Waals surface area (Å²) in [5, 5.41) is 8.33. The van der Waals surface area contributed by atoms with E-state index < -0.39 is 23.4 Å². The number of alkyl halides is 3. The summed E-state index contributed by atoms with van der Waals surface area (Å²) in [6, 6.07) is 5.93. The van der Waals surface area contributed by atoms with Crippen LogP contribution in [0.15, 0.2) is 36.7 Å². The molecule has 0 atom stereocenters. The van der Waals surface area contributed by atoms with E-state index >= 15 is 0 Å². The molecule has 0 aliphatic carbocycles. The number of Topliss-reactive ketones (excluding diaryl/α,β-unsaturated/α-hetero) is 1. The molecular formula is C22H20F3N5O3. The molecule has 33 heavy (non-hydrogen) atoms. The van der Waals surface area contributed by atoms with Crippen LogP contribution in [0.4, 0.5) is 13.2 Å². The van der Waals surface area contributed by atoms with Gasteiger partial charge in [-0.25, -0.2) is 9.50 Å². The number of hydrogen-bond acceptors (Lipinski definition) is 6. The molecule has 0 aliphatic heterocycles. The van der Waals surface area contributed by atoms with Gasteiger partial charge in [-0.2, -0.15) is 23.4 Å². The molecule has 0 N–H and O–H groups in total. The van der Waals surface area contributed by atoms with Crippen molar-refractivity contribution in [3.8, 4) is 11.1 Å². The van der Waals surface area contributed by atoms with Crippen LogP contribution in [-0.2, 0) is 22.3 Å². The molecule has 0 aliphatic rings. The lowest BCUT2D eigenvalue weighted by Gasteiger charge is -2.19. The predicted molar refractivity (Wildman–Crippen MR) is 113 cm³/mol. The third kappa shape index (κ3) is 4.57. The van der Waals surface area contributed by atoms with Gasteiger partial charge in [-0.05, 0) is 38.5 Å². The van der Waals surface area contributed by atoms with E-state index in [1.807, 2.05) is 0 Å². The highest BCUT2D eigenvalue weighted by Crippen LogP contribution is 2.30. The minimum absolute atomic E-state index is 0.0572. The van der Waals surface area contributed by atoms with Crippen LogP contribution in [0.3, 0.4) is 0 Å². The summed E-state index contributed by atoms with van der Waals surface area (Å²) in [4.78, 5) is 28.5. The third-order valence-electron chi connectivity index (χ3n) is 4.72. The van der Waals surface area contributed by atoms with Crippen molar-refractivity contribution in [2.75, 3.05) is 0 Å². The fraction of sp³-hybridized carbons (Fsp3) is 0.318. The topological polar surface area (TPSA) is 91.4 Å². The highest BCUT2D eigenvalue weighted by atomic mass is 19.4. The van der Waals surface area contributed by atoms with Crippen molar-refractivity contribution in [2.45, 2.75) is 46.0 Å². The molecule has 4 rings (SSSR count). The molecule has 172 valence electrons. The molecule has 8 nitrogen and oxygen atoms in total. The van der Waals surface area contributed by atoms with Crippen LogP contribution in [0, 0.1) is 0 Å². The molecule has 0 bridgehead atoms. The summed E-state index contributed by atoms with van der Waals surface area (Å²) in [5.74, 6) is -0.796. The number of halogens is 3. The van der Waals surface area contributed by atoms with Crippen LogP contribution in [0.25, 0.3) is 27.7 Å². The van der Waals surface area contributed by atoms with E-state index in [2.05, 4.69) is 15.2 Å². The van der Waals surface area contributed by atoms with E-state index in [4.69, 9.17) is 4.74 Å². The molecule has 11 heteroatoms. The Kier molecular flexibility index (Phi) is 5.22. The van der Waals surface area contributed by atoms with Gasteiger partial charge in [0, 0.05) is 36.3 Å². The van der Waals surface area contributed by atoms with Gasteiger partial charge in [-0.3, -0.25) is 14.3 Å². The Labute approximate surface area is 186 Å². The Morgan fingerprint density at radius 2 is 1.79 bits per heavy atom. The van der Waals surface area contributed by atoms with Crippen molar-refractivity contribution in [3.63, 3.8) is 0 Å². The maximum absolute atomic E-state index is 13.0. The van der Waals surface area contributed by atoms with Crippen LogP contribution in [0.1, 0.15) is 43.9 Å². The first-order chi connectivity index (χ1) is 15.3. The summed E-state index contributed by atoms with van der Waals surface area (Å²) < 4.78 is 46.6. The number of fused-ring (bicyclic) bond motifs is 2. The van der Waals surface area contributed by atoms with Crippen molar-refractivity contribution in [2.24, 2.45) is 0 Å². The van der Waals surface area contributed by atoms with E-state index in [1.54, 1.807) is 39.0 Å². The summed E-state index contributed by atoms with van der Waals surface area (Å²) in [5.41, 5.74) is 0.161. The standard InChI is InChI=1S/C22H20F3N5O3/c1-12(31)20-15-7-13(5-6-16(15)29(28-20)11-19(32)33-21(2,3)4)14-9-26-18-8-17(22(23,24)25)27-30(18)10-14/h5-10H,11H2,1-4H3. The van der Waals surface area contributed by atoms with Gasteiger partial charge in [0.05, 0.1) is 5.52 Å². The van der Waals surface area contributed by atoms with E-state index in [0.29, 0.717) is 22.0 Å². The third-order valence-corrected chi connectivity index (χ3v) is 4.72. The monoisotopic (exact) mass is 459 g/mol. The fourth-order valence-corrected chi connectivity index (χ4v) is 3.40. The molecule has 0 unspecified atom stereocenters. The van der Waals surface area contributed by atoms with Crippen molar-refractivity contribution >= 4 is 28.3 Å². The average Bonchev–Trinajstić information content (AvgIpc) is 3.27. The van der Waals surface area contributed by atoms with Crippen LogP contribution in [0.5, 0.6) is 0 Å². The number of carbonyl (C=O) groups is 2. The molecule has 0 saturated carbocycles. The number of aromatic nitrogens is 5. The van der Waals surface area contributed by atoms with Gasteiger partial charge in [-0.1, -0.05) is 6.07 Å². The van der Waals surface area contributed by atoms with E-state index in [-0.39, 0.29) is 23.7 Å². The first kappa shape index (κ1) is 22.4. The van der Waals surface area contributed by atoms with Crippen LogP contribution < -0.4 is 0 Å². The Morgan fingerprint density at radius 3 is 2.42 bits per heavy atom. The van der Waals surface area contributed by atoms with E-state index in [9.17, 15) is 22.8 Å². The first-order valence-corrected chi connectivity index (χ1v) is 9.98. The number of rotatable bonds is 4. The smallest absolute Gasteiger partial charge is 0.435 e. The first-order valence-electron chi connectivity index (χ1n) is 9.98. The number of esters is 1. The zero-order chi connectivity index (χ0) is 24.1. The summed E-state index contributed by atoms with van der Waals surface area (Å²) in [7, 11) is 0. The summed E-state index contributed by atoms with van der Waals surface area (Å²) >= 11 is 0. The molecule has 3 aromatic heterocycles. The van der Waals surface area contributed by atoms with Gasteiger partial charge < -0.3 is 4.74 Å². The molecule has 1 aromatic carbocycles. The van der Waals surface area contributed by atoms with Crippen molar-refractivity contribution in [1.82, 2.24) is 24.4 Å². The average molecular weight is 459 g/mol. The predicted octanol–water partition coefficient (Wildman–Crippen LogP) is 4.31. The maximum Gasteiger partial charge on any atom is 0.435 e. The fourth-order valence-electron chi connectivity index (χ4n) is 3.40. The number of nitrogens with zero attached hydrogens (tertiary/aromatic N) is 5. The Balaban J connectivity index is 1.75. The van der Waals surface area contributed by atoms with Crippen molar-refractivity contribution in [3.05, 3.63) is 48.0 Å². The minimum atomic E-state index is -4.58. The number of carbonyl (C=O) groups excluding carboxylic acids is 2. The Hall–Kier alpha value is -3.76. The lowest BCUT2D eigenvalue weighted by Crippen LogP contribution is -2.26. The lowest BCUT2D eigenvalue weighted by atomic mass is 10.0. The highest BCUT2D eigenvalue weighted by Gasteiger charge is 2.34. The zero-order valence-electron chi connectivity index (χ0n) is 18.3. The molecule has 0 spiro atoms. The summed E-state index contributed by atoms with van der Waals surface area (Å²) in [6.45, 7) is 6.44. The lowest BCUT2D eigenvalue weighted by molar-refractivity contribution is -0.155. The second-order valence-electron chi connectivity index (χ2n) is 8.55. The second-order valence-corrected chi connectivity index (χ2v) is 8.55. The molecule has 3 heterocycles. The molecular weight excluding hydrogens is 439 g/mol. The number of hydrogen-bond donors (Lipinski definition) is 0. The largest absolute Gasteiger partial charge is 0.459 e. The van der Waals surface area contributed by atoms with Gasteiger partial charge >= 0.3 is 12.1 Å². The number of ether oxygens (including phenoxy) is 1. The summed E-state index contributed by atoms with van der Waals surface area (Å²) in [6.07, 6.45) is -1.72. The Morgan fingerprint density at radius 1 is 1.06 bits per heavy atom. The van der Waals surface area contributed by atoms with Gasteiger partial charge in [0.15, 0.2) is 17.1 Å². The molecule has 0 radical (unpaired) electrons. The Bertz CT molecular complexity index is 1400. The van der Waals surface area contributed by atoms with Crippen LogP contribution in [0.2, 0.25) is 0 Å². The highest BCUT2D eigenvalue weighted by molar-refractivity contribution is 6.06.